The summed E-state index contributed by atoms with van der Waals surface area (Å²) in [4.78, 5) is 0. The van der Waals surface area contributed by atoms with Gasteiger partial charge >= 0.3 is 34.5 Å². The Morgan fingerprint density at radius 3 is 1.22 bits per heavy atom. The molecule has 0 radical (unpaired) electrons. The SMILES string of the molecule is Cc1ccc(C(O)c2ccc(C)cc2[PH+](C)C)c([PH+](C)C)c1.NC(c1ccccc1)C(N)c1ccccc1.[Cl][Ru+2][Cl]. The first-order chi connectivity index (χ1) is 19.5. The average molecular weight is 719 g/mol. The van der Waals surface area contributed by atoms with Gasteiger partial charge in [-0.25, -0.2) is 0 Å². The van der Waals surface area contributed by atoms with Crippen LogP contribution in [0.5, 0.6) is 0 Å². The first kappa shape index (κ1) is 36.0. The molecular weight excluding hydrogens is 674 g/mol. The molecule has 4 rings (SSSR count). The third kappa shape index (κ3) is 11.1. The van der Waals surface area contributed by atoms with Crippen LogP contribution in [-0.4, -0.2) is 31.8 Å². The molecule has 2 atom stereocenters. The number of aliphatic hydroxyl groups excluding tert-OH is 1. The number of aliphatic hydroxyl groups is 1. The molecule has 0 aliphatic heterocycles. The summed E-state index contributed by atoms with van der Waals surface area (Å²) >= 11 is -0.346. The zero-order valence-corrected chi connectivity index (χ0v) is 29.9. The summed E-state index contributed by atoms with van der Waals surface area (Å²) in [6, 6.07) is 32.6. The van der Waals surface area contributed by atoms with Crippen LogP contribution in [0.15, 0.2) is 97.1 Å². The third-order valence-corrected chi connectivity index (χ3v) is 9.86. The second-order valence-corrected chi connectivity index (χ2v) is 18.2. The molecule has 4 aromatic rings. The molecule has 0 heterocycles. The van der Waals surface area contributed by atoms with Crippen LogP contribution in [0.1, 0.15) is 51.6 Å². The molecule has 5 N–H and O–H groups in total. The fraction of sp³-hybridized carbons (Fsp3) is 0.273. The van der Waals surface area contributed by atoms with Gasteiger partial charge in [0.1, 0.15) is 6.10 Å². The normalized spacial score (nSPS) is 12.3. The van der Waals surface area contributed by atoms with Crippen LogP contribution in [0.3, 0.4) is 0 Å². The maximum absolute atomic E-state index is 11.1. The van der Waals surface area contributed by atoms with Gasteiger partial charge < -0.3 is 16.6 Å². The minimum absolute atomic E-state index is 0.163. The fourth-order valence-electron chi connectivity index (χ4n) is 4.62. The first-order valence-corrected chi connectivity index (χ1v) is 23.0. The van der Waals surface area contributed by atoms with Crippen molar-refractivity contribution in [2.45, 2.75) is 32.0 Å². The molecular formula is C33H44Cl2N2OP2Ru+4. The van der Waals surface area contributed by atoms with E-state index in [1.54, 1.807) is 0 Å². The Kier molecular flexibility index (Phi) is 16.2. The first-order valence-electron chi connectivity index (χ1n) is 13.5. The van der Waals surface area contributed by atoms with Gasteiger partial charge in [-0.1, -0.05) is 84.9 Å². The van der Waals surface area contributed by atoms with Crippen LogP contribution in [-0.2, 0) is 15.1 Å². The Balaban J connectivity index is 0.000000272. The molecule has 41 heavy (non-hydrogen) atoms. The summed E-state index contributed by atoms with van der Waals surface area (Å²) in [7, 11) is 8.49. The quantitative estimate of drug-likeness (QED) is 0.138. The monoisotopic (exact) mass is 718 g/mol. The van der Waals surface area contributed by atoms with Crippen molar-refractivity contribution in [2.75, 3.05) is 26.7 Å². The van der Waals surface area contributed by atoms with E-state index in [-0.39, 0.29) is 27.2 Å². The van der Waals surface area contributed by atoms with Crippen molar-refractivity contribution in [2.24, 2.45) is 11.5 Å². The number of rotatable bonds is 7. The van der Waals surface area contributed by atoms with E-state index in [0.717, 1.165) is 22.3 Å². The van der Waals surface area contributed by atoms with Gasteiger partial charge in [-0.05, 0) is 48.2 Å². The van der Waals surface area contributed by atoms with E-state index in [1.807, 2.05) is 60.7 Å². The van der Waals surface area contributed by atoms with Gasteiger partial charge in [0.05, 0.1) is 37.3 Å². The van der Waals surface area contributed by atoms with E-state index in [1.165, 1.54) is 21.7 Å². The van der Waals surface area contributed by atoms with Crippen molar-refractivity contribution < 1.29 is 20.3 Å². The van der Waals surface area contributed by atoms with Crippen LogP contribution in [0, 0.1) is 13.8 Å². The summed E-state index contributed by atoms with van der Waals surface area (Å²) in [5.41, 5.74) is 19.2. The van der Waals surface area contributed by atoms with Crippen LogP contribution >= 0.6 is 35.2 Å². The summed E-state index contributed by atoms with van der Waals surface area (Å²) in [5, 5.41) is 13.8. The molecule has 0 fully saturated rings. The molecule has 4 aromatic carbocycles. The minimum atomic E-state index is -0.608. The standard InChI is InChI=1S/C19H26OP2.C14H16N2.2ClH.Ru/c1-13-7-9-15(17(11-13)21(3)4)19(20)16-10-8-14(2)12-18(16)22(5)6;15-13(11-7-3-1-4-8-11)14(16)12-9-5-2-6-10-12;;;/h7-12,19-20H,1-6H3;1-10,13-14H,15-16H2;2*1H;/q;;;;+4. The van der Waals surface area contributed by atoms with Gasteiger partial charge in [-0.15, -0.1) is 0 Å². The van der Waals surface area contributed by atoms with E-state index >= 15 is 0 Å². The molecule has 0 bridgehead atoms. The molecule has 8 heteroatoms. The second-order valence-electron chi connectivity index (χ2n) is 10.5. The van der Waals surface area contributed by atoms with E-state index < -0.39 is 21.9 Å². The summed E-state index contributed by atoms with van der Waals surface area (Å²) in [5.74, 6) is 0. The Bertz CT molecular complexity index is 1230. The van der Waals surface area contributed by atoms with Crippen molar-refractivity contribution in [3.8, 4) is 0 Å². The number of nitrogens with two attached hydrogens (primary N) is 2. The van der Waals surface area contributed by atoms with Crippen molar-refractivity contribution in [3.05, 3.63) is 130 Å². The molecule has 0 aromatic heterocycles. The molecule has 0 aliphatic carbocycles. The van der Waals surface area contributed by atoms with E-state index in [9.17, 15) is 5.11 Å². The molecule has 0 amide bonds. The Morgan fingerprint density at radius 2 is 0.927 bits per heavy atom. The van der Waals surface area contributed by atoms with Gasteiger partial charge in [0.25, 0.3) is 0 Å². The van der Waals surface area contributed by atoms with Gasteiger partial charge in [0.2, 0.25) is 0 Å². The Morgan fingerprint density at radius 1 is 0.610 bits per heavy atom. The zero-order valence-electron chi connectivity index (χ0n) is 24.7. The predicted molar refractivity (Wildman–Crippen MR) is 184 cm³/mol. The molecule has 2 unspecified atom stereocenters. The molecule has 0 spiro atoms. The molecule has 0 aliphatic rings. The van der Waals surface area contributed by atoms with Crippen LogP contribution < -0.4 is 22.1 Å². The zero-order chi connectivity index (χ0) is 30.5. The van der Waals surface area contributed by atoms with Crippen LogP contribution in [0.25, 0.3) is 0 Å². The maximum atomic E-state index is 11.1. The average Bonchev–Trinajstić information content (AvgIpc) is 2.97. The Hall–Kier alpha value is -1.18. The van der Waals surface area contributed by atoms with Crippen LogP contribution in [0.2, 0.25) is 0 Å². The molecule has 3 nitrogen and oxygen atoms in total. The van der Waals surface area contributed by atoms with E-state index in [4.69, 9.17) is 30.8 Å². The summed E-state index contributed by atoms with van der Waals surface area (Å²) < 4.78 is 0. The number of hydrogen-bond acceptors (Lipinski definition) is 3. The van der Waals surface area contributed by atoms with Crippen molar-refractivity contribution in [1.82, 2.24) is 0 Å². The Labute approximate surface area is 265 Å². The van der Waals surface area contributed by atoms with E-state index in [2.05, 4.69) is 76.9 Å². The number of halogens is 2. The predicted octanol–water partition coefficient (Wildman–Crippen LogP) is 7.35. The van der Waals surface area contributed by atoms with Gasteiger partial charge in [0, 0.05) is 39.1 Å². The molecule has 220 valence electrons. The summed E-state index contributed by atoms with van der Waals surface area (Å²) in [6.45, 7) is 13.4. The second kappa shape index (κ2) is 18.5. The number of benzene rings is 4. The third-order valence-electron chi connectivity index (χ3n) is 6.84. The van der Waals surface area contributed by atoms with Gasteiger partial charge in [0.15, 0.2) is 0 Å². The number of hydrogen-bond donors (Lipinski definition) is 3. The van der Waals surface area contributed by atoms with E-state index in [0.29, 0.717) is 0 Å². The molecule has 0 saturated heterocycles. The number of aryl methyl sites for hydroxylation is 2. The van der Waals surface area contributed by atoms with Gasteiger partial charge in [-0.2, -0.15) is 0 Å². The van der Waals surface area contributed by atoms with Gasteiger partial charge in [-0.3, -0.25) is 0 Å². The van der Waals surface area contributed by atoms with Crippen molar-refractivity contribution in [1.29, 1.82) is 0 Å². The molecule has 0 saturated carbocycles. The van der Waals surface area contributed by atoms with Crippen molar-refractivity contribution >= 4 is 45.8 Å². The van der Waals surface area contributed by atoms with Crippen molar-refractivity contribution in [3.63, 3.8) is 0 Å². The fourth-order valence-corrected chi connectivity index (χ4v) is 7.24. The topological polar surface area (TPSA) is 72.3 Å². The summed E-state index contributed by atoms with van der Waals surface area (Å²) in [6.07, 6.45) is -0.508. The van der Waals surface area contributed by atoms with Crippen LogP contribution in [0.4, 0.5) is 0 Å².